The summed E-state index contributed by atoms with van der Waals surface area (Å²) in [6, 6.07) is 14.9. The van der Waals surface area contributed by atoms with Crippen molar-refractivity contribution in [1.29, 1.82) is 5.26 Å². The number of carboxylic acids is 1. The Hall–Kier alpha value is -3.54. The van der Waals surface area contributed by atoms with E-state index >= 15 is 0 Å². The average Bonchev–Trinajstić information content (AvgIpc) is 3.21. The molecule has 1 unspecified atom stereocenters. The molecule has 2 heterocycles. The number of nitriles is 1. The summed E-state index contributed by atoms with van der Waals surface area (Å²) in [5, 5.41) is 32.3. The topological polar surface area (TPSA) is 128 Å². The molecule has 0 aliphatic carbocycles. The predicted molar refractivity (Wildman–Crippen MR) is 118 cm³/mol. The molecule has 0 saturated carbocycles. The zero-order valence-corrected chi connectivity index (χ0v) is 17.5. The van der Waals surface area contributed by atoms with Gasteiger partial charge in [-0.1, -0.05) is 18.2 Å². The molecule has 1 aliphatic rings. The lowest BCUT2D eigenvalue weighted by Gasteiger charge is -2.27. The minimum Gasteiger partial charge on any atom is -0.490 e. The molecule has 166 valence electrons. The van der Waals surface area contributed by atoms with E-state index in [4.69, 9.17) is 19.8 Å². The number of benzene rings is 2. The molecular weight excluding hydrogens is 410 g/mol. The van der Waals surface area contributed by atoms with Gasteiger partial charge in [0, 0.05) is 18.5 Å². The number of aliphatic hydroxyl groups excluding tert-OH is 1. The second-order valence-electron chi connectivity index (χ2n) is 7.93. The summed E-state index contributed by atoms with van der Waals surface area (Å²) >= 11 is 0. The Balaban J connectivity index is 1.23. The average molecular weight is 435 g/mol. The summed E-state index contributed by atoms with van der Waals surface area (Å²) in [5.74, 6) is 0.564. The van der Waals surface area contributed by atoms with E-state index in [0.717, 1.165) is 40.6 Å². The number of aliphatic hydroxyl groups is 1. The van der Waals surface area contributed by atoms with Crippen molar-refractivity contribution in [3.05, 3.63) is 59.3 Å². The van der Waals surface area contributed by atoms with Gasteiger partial charge in [-0.05, 0) is 48.2 Å². The quantitative estimate of drug-likeness (QED) is 0.406. The monoisotopic (exact) mass is 435 g/mol. The number of aromatic amines is 1. The molecule has 0 amide bonds. The molecule has 0 bridgehead atoms. The van der Waals surface area contributed by atoms with Crippen LogP contribution in [0.4, 0.5) is 0 Å². The Morgan fingerprint density at radius 3 is 3.03 bits per heavy atom. The summed E-state index contributed by atoms with van der Waals surface area (Å²) in [6.45, 7) is 1.07. The smallest absolute Gasteiger partial charge is 0.307 e. The molecule has 0 fully saturated rings. The number of aryl methyl sites for hydroxylation is 1. The lowest BCUT2D eigenvalue weighted by Crippen LogP contribution is -2.39. The van der Waals surface area contributed by atoms with Crippen LogP contribution < -0.4 is 14.8 Å². The highest BCUT2D eigenvalue weighted by Gasteiger charge is 2.20. The van der Waals surface area contributed by atoms with Crippen molar-refractivity contribution in [3.63, 3.8) is 0 Å². The molecule has 0 spiro atoms. The van der Waals surface area contributed by atoms with Gasteiger partial charge in [-0.2, -0.15) is 5.26 Å². The van der Waals surface area contributed by atoms with Crippen molar-refractivity contribution in [2.24, 2.45) is 0 Å². The van der Waals surface area contributed by atoms with Crippen molar-refractivity contribution >= 4 is 16.9 Å². The number of hydrogen-bond acceptors (Lipinski definition) is 6. The number of aromatic nitrogens is 1. The van der Waals surface area contributed by atoms with E-state index in [9.17, 15) is 9.90 Å². The summed E-state index contributed by atoms with van der Waals surface area (Å²) in [4.78, 5) is 13.9. The van der Waals surface area contributed by atoms with Gasteiger partial charge in [-0.25, -0.2) is 0 Å². The molecule has 0 radical (unpaired) electrons. The van der Waals surface area contributed by atoms with Crippen LogP contribution in [0.2, 0.25) is 0 Å². The largest absolute Gasteiger partial charge is 0.490 e. The van der Waals surface area contributed by atoms with E-state index in [-0.39, 0.29) is 19.1 Å². The summed E-state index contributed by atoms with van der Waals surface area (Å²) in [6.07, 6.45) is 0.940. The highest BCUT2D eigenvalue weighted by atomic mass is 16.5. The highest BCUT2D eigenvalue weighted by molar-refractivity contribution is 5.87. The van der Waals surface area contributed by atoms with Crippen LogP contribution in [0.15, 0.2) is 42.5 Å². The molecule has 8 heteroatoms. The SMILES string of the molecule is N#Cc1cc2c(OCC(O)CNC[C@H]3CCc4cc(CC(=O)O)ccc4O3)cccc2[nH]1. The van der Waals surface area contributed by atoms with Gasteiger partial charge in [-0.15, -0.1) is 0 Å². The van der Waals surface area contributed by atoms with Crippen LogP contribution in [-0.2, 0) is 17.6 Å². The molecule has 8 nitrogen and oxygen atoms in total. The van der Waals surface area contributed by atoms with Crippen LogP contribution in [0.25, 0.3) is 10.9 Å². The van der Waals surface area contributed by atoms with Crippen molar-refractivity contribution in [1.82, 2.24) is 10.3 Å². The number of carbonyl (C=O) groups is 1. The predicted octanol–water partition coefficient (Wildman–Crippen LogP) is 2.39. The molecule has 1 aliphatic heterocycles. The van der Waals surface area contributed by atoms with E-state index in [2.05, 4.69) is 16.4 Å². The Morgan fingerprint density at radius 1 is 1.34 bits per heavy atom. The van der Waals surface area contributed by atoms with E-state index in [0.29, 0.717) is 24.5 Å². The van der Waals surface area contributed by atoms with Gasteiger partial charge in [-0.3, -0.25) is 4.79 Å². The van der Waals surface area contributed by atoms with Gasteiger partial charge in [0.05, 0.1) is 11.9 Å². The Kier molecular flexibility index (Phi) is 6.59. The van der Waals surface area contributed by atoms with Gasteiger partial charge in [0.15, 0.2) is 0 Å². The molecule has 1 aromatic heterocycles. The van der Waals surface area contributed by atoms with E-state index in [1.807, 2.05) is 30.3 Å². The Labute approximate surface area is 185 Å². The molecule has 2 atom stereocenters. The molecule has 2 aromatic carbocycles. The number of nitrogens with one attached hydrogen (secondary N) is 2. The summed E-state index contributed by atoms with van der Waals surface area (Å²) in [7, 11) is 0. The normalized spacial score (nSPS) is 16.1. The van der Waals surface area contributed by atoms with Crippen LogP contribution in [-0.4, -0.2) is 53.1 Å². The van der Waals surface area contributed by atoms with E-state index in [1.54, 1.807) is 12.1 Å². The maximum atomic E-state index is 10.9. The minimum atomic E-state index is -0.844. The van der Waals surface area contributed by atoms with Gasteiger partial charge in [0.1, 0.15) is 42.1 Å². The van der Waals surface area contributed by atoms with Gasteiger partial charge in [0.25, 0.3) is 0 Å². The van der Waals surface area contributed by atoms with Crippen molar-refractivity contribution < 1.29 is 24.5 Å². The van der Waals surface area contributed by atoms with Crippen LogP contribution >= 0.6 is 0 Å². The number of rotatable bonds is 9. The lowest BCUT2D eigenvalue weighted by molar-refractivity contribution is -0.136. The van der Waals surface area contributed by atoms with E-state index in [1.165, 1.54) is 0 Å². The van der Waals surface area contributed by atoms with Gasteiger partial charge >= 0.3 is 5.97 Å². The first-order valence-corrected chi connectivity index (χ1v) is 10.6. The first kappa shape index (κ1) is 21.7. The number of nitrogens with zero attached hydrogens (tertiary/aromatic N) is 1. The lowest BCUT2D eigenvalue weighted by atomic mass is 9.99. The number of fused-ring (bicyclic) bond motifs is 2. The first-order valence-electron chi connectivity index (χ1n) is 10.6. The van der Waals surface area contributed by atoms with Crippen molar-refractivity contribution in [2.75, 3.05) is 19.7 Å². The third-order valence-electron chi connectivity index (χ3n) is 5.44. The minimum absolute atomic E-state index is 0.0102. The fourth-order valence-corrected chi connectivity index (χ4v) is 3.90. The summed E-state index contributed by atoms with van der Waals surface area (Å²) in [5.41, 5.74) is 3.09. The maximum Gasteiger partial charge on any atom is 0.307 e. The zero-order chi connectivity index (χ0) is 22.5. The standard InChI is InChI=1S/C24H25N3O5/c25-11-17-10-20-21(27-17)2-1-3-23(20)31-14-18(28)12-26-13-19-6-5-16-8-15(9-24(29)30)4-7-22(16)32-19/h1-4,7-8,10,18-19,26-28H,5-6,9,12-14H2,(H,29,30)/t18?,19-/m1/s1. The van der Waals surface area contributed by atoms with Gasteiger partial charge in [0.2, 0.25) is 0 Å². The van der Waals surface area contributed by atoms with E-state index < -0.39 is 12.1 Å². The second kappa shape index (κ2) is 9.73. The van der Waals surface area contributed by atoms with Gasteiger partial charge < -0.3 is 30.0 Å². The Bertz CT molecular complexity index is 1150. The fraction of sp³-hybridized carbons (Fsp3) is 0.333. The van der Waals surface area contributed by atoms with Crippen molar-refractivity contribution in [2.45, 2.75) is 31.5 Å². The molecule has 4 rings (SSSR count). The number of carboxylic acid groups (broad SMARTS) is 1. The highest BCUT2D eigenvalue weighted by Crippen LogP contribution is 2.29. The van der Waals surface area contributed by atoms with Crippen LogP contribution in [0.3, 0.4) is 0 Å². The molecular formula is C24H25N3O5. The fourth-order valence-electron chi connectivity index (χ4n) is 3.90. The third kappa shape index (κ3) is 5.19. The number of ether oxygens (including phenoxy) is 2. The maximum absolute atomic E-state index is 10.9. The molecule has 4 N–H and O–H groups in total. The van der Waals surface area contributed by atoms with Crippen LogP contribution in [0, 0.1) is 11.3 Å². The second-order valence-corrected chi connectivity index (χ2v) is 7.93. The first-order chi connectivity index (χ1) is 15.5. The van der Waals surface area contributed by atoms with Crippen LogP contribution in [0.1, 0.15) is 23.2 Å². The van der Waals surface area contributed by atoms with Crippen molar-refractivity contribution in [3.8, 4) is 17.6 Å². The third-order valence-corrected chi connectivity index (χ3v) is 5.44. The molecule has 3 aromatic rings. The zero-order valence-electron chi connectivity index (χ0n) is 17.5. The Morgan fingerprint density at radius 2 is 2.22 bits per heavy atom. The molecule has 32 heavy (non-hydrogen) atoms. The number of aliphatic carboxylic acids is 1. The summed E-state index contributed by atoms with van der Waals surface area (Å²) < 4.78 is 11.8. The number of H-pyrrole nitrogens is 1. The molecule has 0 saturated heterocycles. The number of hydrogen-bond donors (Lipinski definition) is 4. The van der Waals surface area contributed by atoms with Crippen LogP contribution in [0.5, 0.6) is 11.5 Å².